The Labute approximate surface area is 114 Å². The molecule has 1 aromatic carbocycles. The van der Waals surface area contributed by atoms with Crippen molar-refractivity contribution >= 4 is 43.2 Å². The summed E-state index contributed by atoms with van der Waals surface area (Å²) in [4.78, 5) is 0. The Hall–Kier alpha value is -0.330. The Bertz CT molecular complexity index is 481. The first-order valence-corrected chi connectivity index (χ1v) is 7.94. The second-order valence-corrected chi connectivity index (χ2v) is 6.52. The molecule has 96 valence electrons. The van der Waals surface area contributed by atoms with Gasteiger partial charge in [0, 0.05) is 11.6 Å². The lowest BCUT2D eigenvalue weighted by atomic mass is 10.3. The van der Waals surface area contributed by atoms with Gasteiger partial charge in [-0.1, -0.05) is 0 Å². The number of benzene rings is 1. The first kappa shape index (κ1) is 14.7. The summed E-state index contributed by atoms with van der Waals surface area (Å²) in [6.45, 7) is 0. The summed E-state index contributed by atoms with van der Waals surface area (Å²) >= 11 is 8.46. The molecule has 0 aromatic heterocycles. The molecule has 0 saturated heterocycles. The van der Waals surface area contributed by atoms with Crippen LogP contribution in [-0.2, 0) is 10.0 Å². The maximum atomic E-state index is 12.9. The molecule has 3 nitrogen and oxygen atoms in total. The highest BCUT2D eigenvalue weighted by molar-refractivity contribution is 9.10. The molecule has 0 fully saturated rings. The van der Waals surface area contributed by atoms with E-state index in [-0.39, 0.29) is 10.2 Å². The van der Waals surface area contributed by atoms with Crippen molar-refractivity contribution < 1.29 is 12.8 Å². The number of hydrogen-bond donors (Lipinski definition) is 1. The number of hydrogen-bond acceptors (Lipinski definition) is 2. The summed E-state index contributed by atoms with van der Waals surface area (Å²) in [5.41, 5.74) is 0.337. The molecular weight excluding hydrogens is 333 g/mol. The predicted molar refractivity (Wildman–Crippen MR) is 71.5 cm³/mol. The van der Waals surface area contributed by atoms with Crippen LogP contribution in [0.1, 0.15) is 12.8 Å². The highest BCUT2D eigenvalue weighted by Gasteiger charge is 2.10. The number of halogens is 3. The van der Waals surface area contributed by atoms with Gasteiger partial charge in [-0.05, 0) is 47.0 Å². The van der Waals surface area contributed by atoms with Crippen molar-refractivity contribution in [1.82, 2.24) is 0 Å². The van der Waals surface area contributed by atoms with E-state index in [2.05, 4.69) is 20.7 Å². The largest absolute Gasteiger partial charge is 0.284 e. The van der Waals surface area contributed by atoms with E-state index in [1.807, 2.05) is 0 Å². The second kappa shape index (κ2) is 6.56. The van der Waals surface area contributed by atoms with E-state index in [4.69, 9.17) is 11.6 Å². The van der Waals surface area contributed by atoms with Gasteiger partial charge in [0.15, 0.2) is 0 Å². The van der Waals surface area contributed by atoms with Crippen LogP contribution in [0.3, 0.4) is 0 Å². The predicted octanol–water partition coefficient (Wildman–Crippen LogP) is 3.35. The number of rotatable bonds is 6. The van der Waals surface area contributed by atoms with Crippen LogP contribution in [-0.4, -0.2) is 20.1 Å². The standard InChI is InChI=1S/C10H12BrClFNO2S/c11-9-7-8(3-4-10(9)13)14-17(15,16)6-2-1-5-12/h3-4,7,14H,1-2,5-6H2. The molecule has 0 amide bonds. The lowest BCUT2D eigenvalue weighted by molar-refractivity contribution is 0.597. The number of alkyl halides is 1. The molecule has 0 spiro atoms. The summed E-state index contributed by atoms with van der Waals surface area (Å²) in [6, 6.07) is 3.95. The first-order chi connectivity index (χ1) is 7.94. The van der Waals surface area contributed by atoms with Crippen molar-refractivity contribution in [3.05, 3.63) is 28.5 Å². The van der Waals surface area contributed by atoms with Gasteiger partial charge in [-0.3, -0.25) is 4.72 Å². The van der Waals surface area contributed by atoms with Crippen molar-refractivity contribution in [3.63, 3.8) is 0 Å². The van der Waals surface area contributed by atoms with Gasteiger partial charge in [-0.15, -0.1) is 11.6 Å². The number of sulfonamides is 1. The third-order valence-corrected chi connectivity index (χ3v) is 4.24. The minimum Gasteiger partial charge on any atom is -0.284 e. The van der Waals surface area contributed by atoms with Crippen LogP contribution in [0.15, 0.2) is 22.7 Å². The van der Waals surface area contributed by atoms with E-state index in [9.17, 15) is 12.8 Å². The summed E-state index contributed by atoms with van der Waals surface area (Å²) in [6.07, 6.45) is 1.15. The van der Waals surface area contributed by atoms with Crippen molar-refractivity contribution in [3.8, 4) is 0 Å². The Morgan fingerprint density at radius 3 is 2.65 bits per heavy atom. The van der Waals surface area contributed by atoms with Crippen molar-refractivity contribution in [1.29, 1.82) is 0 Å². The molecule has 17 heavy (non-hydrogen) atoms. The minimum atomic E-state index is -3.39. The molecule has 1 N–H and O–H groups in total. The Morgan fingerprint density at radius 1 is 1.35 bits per heavy atom. The smallest absolute Gasteiger partial charge is 0.232 e. The van der Waals surface area contributed by atoms with Crippen LogP contribution in [0.2, 0.25) is 0 Å². The highest BCUT2D eigenvalue weighted by atomic mass is 79.9. The third-order valence-electron chi connectivity index (χ3n) is 1.99. The van der Waals surface area contributed by atoms with E-state index in [1.54, 1.807) is 0 Å². The van der Waals surface area contributed by atoms with E-state index >= 15 is 0 Å². The van der Waals surface area contributed by atoms with E-state index in [0.29, 0.717) is 24.4 Å². The number of anilines is 1. The zero-order chi connectivity index (χ0) is 12.9. The van der Waals surface area contributed by atoms with Gasteiger partial charge in [-0.25, -0.2) is 12.8 Å². The molecule has 0 saturated carbocycles. The summed E-state index contributed by atoms with van der Waals surface area (Å²) in [5.74, 6) is 0.0156. The van der Waals surface area contributed by atoms with Gasteiger partial charge in [-0.2, -0.15) is 0 Å². The maximum Gasteiger partial charge on any atom is 0.232 e. The number of unbranched alkanes of at least 4 members (excludes halogenated alkanes) is 1. The molecule has 7 heteroatoms. The van der Waals surface area contributed by atoms with Crippen molar-refractivity contribution in [2.75, 3.05) is 16.4 Å². The fourth-order valence-electron chi connectivity index (χ4n) is 1.18. The van der Waals surface area contributed by atoms with Crippen molar-refractivity contribution in [2.24, 2.45) is 0 Å². The van der Waals surface area contributed by atoms with Gasteiger partial charge in [0.05, 0.1) is 10.2 Å². The normalized spacial score (nSPS) is 11.5. The molecule has 0 aliphatic rings. The van der Waals surface area contributed by atoms with Crippen LogP contribution in [0.4, 0.5) is 10.1 Å². The van der Waals surface area contributed by atoms with Crippen LogP contribution in [0.5, 0.6) is 0 Å². The fourth-order valence-corrected chi connectivity index (χ4v) is 2.92. The average molecular weight is 345 g/mol. The lowest BCUT2D eigenvalue weighted by Crippen LogP contribution is -2.16. The fraction of sp³-hybridized carbons (Fsp3) is 0.400. The topological polar surface area (TPSA) is 46.2 Å². The summed E-state index contributed by atoms with van der Waals surface area (Å²) in [7, 11) is -3.39. The molecule has 1 aromatic rings. The van der Waals surface area contributed by atoms with Gasteiger partial charge < -0.3 is 0 Å². The molecule has 0 atom stereocenters. The zero-order valence-electron chi connectivity index (χ0n) is 8.92. The van der Waals surface area contributed by atoms with Gasteiger partial charge in [0.25, 0.3) is 0 Å². The van der Waals surface area contributed by atoms with Gasteiger partial charge >= 0.3 is 0 Å². The monoisotopic (exact) mass is 343 g/mol. The van der Waals surface area contributed by atoms with Crippen LogP contribution in [0.25, 0.3) is 0 Å². The molecule has 0 aliphatic heterocycles. The molecule has 0 bridgehead atoms. The van der Waals surface area contributed by atoms with E-state index in [0.717, 1.165) is 0 Å². The molecule has 0 aliphatic carbocycles. The zero-order valence-corrected chi connectivity index (χ0v) is 12.1. The quantitative estimate of drug-likeness (QED) is 0.635. The molecule has 0 unspecified atom stereocenters. The van der Waals surface area contributed by atoms with Crippen LogP contribution >= 0.6 is 27.5 Å². The Morgan fingerprint density at radius 2 is 2.06 bits per heavy atom. The third kappa shape index (κ3) is 5.23. The van der Waals surface area contributed by atoms with Crippen LogP contribution < -0.4 is 4.72 Å². The summed E-state index contributed by atoms with van der Waals surface area (Å²) in [5, 5.41) is 0. The Kier molecular flexibility index (Phi) is 5.69. The Balaban J connectivity index is 2.66. The average Bonchev–Trinajstić information content (AvgIpc) is 2.23. The highest BCUT2D eigenvalue weighted by Crippen LogP contribution is 2.20. The van der Waals surface area contributed by atoms with Gasteiger partial charge in [0.2, 0.25) is 10.0 Å². The minimum absolute atomic E-state index is 0.00865. The SMILES string of the molecule is O=S(=O)(CCCCCl)Nc1ccc(F)c(Br)c1. The van der Waals surface area contributed by atoms with Gasteiger partial charge in [0.1, 0.15) is 5.82 Å². The van der Waals surface area contributed by atoms with Crippen molar-refractivity contribution in [2.45, 2.75) is 12.8 Å². The van der Waals surface area contributed by atoms with E-state index < -0.39 is 15.8 Å². The first-order valence-electron chi connectivity index (χ1n) is 4.96. The molecule has 1 rings (SSSR count). The molecule has 0 heterocycles. The summed E-state index contributed by atoms with van der Waals surface area (Å²) < 4.78 is 38.8. The lowest BCUT2D eigenvalue weighted by Gasteiger charge is -2.08. The second-order valence-electron chi connectivity index (χ2n) is 3.45. The maximum absolute atomic E-state index is 12.9. The van der Waals surface area contributed by atoms with E-state index in [1.165, 1.54) is 18.2 Å². The molecule has 0 radical (unpaired) electrons. The molecular formula is C10H12BrClFNO2S. The van der Waals surface area contributed by atoms with Crippen LogP contribution in [0, 0.1) is 5.82 Å². The number of nitrogens with one attached hydrogen (secondary N) is 1.